The molecule has 1 saturated heterocycles. The van der Waals surface area contributed by atoms with Crippen molar-refractivity contribution in [3.05, 3.63) is 71.8 Å². The lowest BCUT2D eigenvalue weighted by molar-refractivity contribution is -0.0695. The summed E-state index contributed by atoms with van der Waals surface area (Å²) in [6, 6.07) is 18.6. The van der Waals surface area contributed by atoms with E-state index in [-0.39, 0.29) is 11.7 Å². The predicted molar refractivity (Wildman–Crippen MR) is 83.2 cm³/mol. The van der Waals surface area contributed by atoms with Crippen molar-refractivity contribution in [2.45, 2.75) is 24.5 Å². The molecular formula is C19H18O2. The zero-order valence-corrected chi connectivity index (χ0v) is 11.9. The Morgan fingerprint density at radius 3 is 2.67 bits per heavy atom. The second-order valence-electron chi connectivity index (χ2n) is 5.76. The van der Waals surface area contributed by atoms with Crippen molar-refractivity contribution in [3.63, 3.8) is 0 Å². The van der Waals surface area contributed by atoms with Gasteiger partial charge >= 0.3 is 0 Å². The molecule has 1 spiro atoms. The van der Waals surface area contributed by atoms with E-state index >= 15 is 0 Å². The van der Waals surface area contributed by atoms with Crippen LogP contribution >= 0.6 is 0 Å². The molecule has 21 heavy (non-hydrogen) atoms. The molecule has 4 rings (SSSR count). The van der Waals surface area contributed by atoms with Crippen molar-refractivity contribution in [2.75, 3.05) is 6.61 Å². The van der Waals surface area contributed by atoms with E-state index in [4.69, 9.17) is 9.47 Å². The first kappa shape index (κ1) is 12.7. The average Bonchev–Trinajstić information content (AvgIpc) is 2.56. The molecule has 0 saturated carbocycles. The van der Waals surface area contributed by atoms with Crippen molar-refractivity contribution in [3.8, 4) is 5.75 Å². The first-order valence-electron chi connectivity index (χ1n) is 7.49. The third-order valence-electron chi connectivity index (χ3n) is 4.35. The summed E-state index contributed by atoms with van der Waals surface area (Å²) in [5, 5.41) is 0. The number of benzene rings is 2. The van der Waals surface area contributed by atoms with Gasteiger partial charge in [-0.25, -0.2) is 0 Å². The largest absolute Gasteiger partial charge is 0.482 e. The molecule has 0 bridgehead atoms. The van der Waals surface area contributed by atoms with Crippen molar-refractivity contribution in [1.29, 1.82) is 0 Å². The minimum atomic E-state index is -0.229. The van der Waals surface area contributed by atoms with Gasteiger partial charge in [-0.2, -0.15) is 0 Å². The molecule has 2 aromatic carbocycles. The molecule has 2 heterocycles. The van der Waals surface area contributed by atoms with Crippen LogP contribution in [-0.4, -0.2) is 12.2 Å². The smallest absolute Gasteiger partial charge is 0.132 e. The van der Waals surface area contributed by atoms with Gasteiger partial charge in [0, 0.05) is 18.4 Å². The number of hydrogen-bond acceptors (Lipinski definition) is 2. The van der Waals surface area contributed by atoms with Crippen LogP contribution < -0.4 is 4.74 Å². The molecule has 2 aliphatic heterocycles. The van der Waals surface area contributed by atoms with Gasteiger partial charge < -0.3 is 9.47 Å². The summed E-state index contributed by atoms with van der Waals surface area (Å²) in [4.78, 5) is 0. The van der Waals surface area contributed by atoms with E-state index in [1.807, 2.05) is 24.3 Å². The first-order chi connectivity index (χ1) is 10.3. The van der Waals surface area contributed by atoms with Gasteiger partial charge in [-0.15, -0.1) is 0 Å². The Morgan fingerprint density at radius 1 is 0.952 bits per heavy atom. The Morgan fingerprint density at radius 2 is 1.76 bits per heavy atom. The summed E-state index contributed by atoms with van der Waals surface area (Å²) < 4.78 is 12.3. The summed E-state index contributed by atoms with van der Waals surface area (Å²) in [7, 11) is 0. The highest BCUT2D eigenvalue weighted by atomic mass is 16.5. The normalized spacial score (nSPS) is 27.1. The van der Waals surface area contributed by atoms with Crippen LogP contribution in [0.25, 0.3) is 6.08 Å². The molecule has 0 radical (unpaired) electrons. The fraction of sp³-hybridized carbons (Fsp3) is 0.263. The molecule has 0 amide bonds. The molecule has 106 valence electrons. The highest BCUT2D eigenvalue weighted by Gasteiger charge is 2.39. The second kappa shape index (κ2) is 5.05. The minimum Gasteiger partial charge on any atom is -0.482 e. The van der Waals surface area contributed by atoms with Crippen molar-refractivity contribution in [2.24, 2.45) is 0 Å². The standard InChI is InChI=1S/C19H18O2/c1-2-6-15(7-3-1)18-14-19(12-13-20-18)11-10-16-8-4-5-9-17(16)21-19/h1-11,18H,12-14H2/t18-,19+/m0/s1. The Balaban J connectivity index is 1.62. The summed E-state index contributed by atoms with van der Waals surface area (Å²) >= 11 is 0. The monoisotopic (exact) mass is 278 g/mol. The van der Waals surface area contributed by atoms with Gasteiger partial charge in [0.05, 0.1) is 12.7 Å². The maximum atomic E-state index is 6.35. The molecule has 2 aliphatic rings. The van der Waals surface area contributed by atoms with Crippen LogP contribution in [0.5, 0.6) is 5.75 Å². The van der Waals surface area contributed by atoms with Crippen LogP contribution in [-0.2, 0) is 4.74 Å². The van der Waals surface area contributed by atoms with E-state index in [1.165, 1.54) is 5.56 Å². The summed E-state index contributed by atoms with van der Waals surface area (Å²) in [5.74, 6) is 0.980. The number of fused-ring (bicyclic) bond motifs is 1. The van der Waals surface area contributed by atoms with Crippen molar-refractivity contribution >= 4 is 6.08 Å². The van der Waals surface area contributed by atoms with Gasteiger partial charge in [0.1, 0.15) is 11.4 Å². The van der Waals surface area contributed by atoms with Crippen LogP contribution in [0, 0.1) is 0 Å². The van der Waals surface area contributed by atoms with Crippen LogP contribution in [0.4, 0.5) is 0 Å². The molecule has 2 nitrogen and oxygen atoms in total. The van der Waals surface area contributed by atoms with Gasteiger partial charge in [0.25, 0.3) is 0 Å². The Labute approximate surface area is 125 Å². The van der Waals surface area contributed by atoms with Gasteiger partial charge in [0.15, 0.2) is 0 Å². The molecule has 2 heteroatoms. The SMILES string of the molecule is C1=C[C@]2(CCO[C@H](c3ccccc3)C2)Oc2ccccc21. The zero-order valence-electron chi connectivity index (χ0n) is 11.9. The molecule has 0 N–H and O–H groups in total. The molecule has 2 aromatic rings. The molecule has 0 aromatic heterocycles. The fourth-order valence-corrected chi connectivity index (χ4v) is 3.18. The Hall–Kier alpha value is -2.06. The number of hydrogen-bond donors (Lipinski definition) is 0. The lowest BCUT2D eigenvalue weighted by Gasteiger charge is -2.41. The van der Waals surface area contributed by atoms with Crippen LogP contribution in [0.1, 0.15) is 30.1 Å². The maximum absolute atomic E-state index is 6.35. The maximum Gasteiger partial charge on any atom is 0.132 e. The van der Waals surface area contributed by atoms with Gasteiger partial charge in [-0.1, -0.05) is 54.6 Å². The average molecular weight is 278 g/mol. The van der Waals surface area contributed by atoms with Crippen molar-refractivity contribution < 1.29 is 9.47 Å². The molecular weight excluding hydrogens is 260 g/mol. The number of ether oxygens (including phenoxy) is 2. The van der Waals surface area contributed by atoms with Gasteiger partial charge in [-0.05, 0) is 17.7 Å². The number of rotatable bonds is 1. The van der Waals surface area contributed by atoms with Gasteiger partial charge in [-0.3, -0.25) is 0 Å². The molecule has 0 aliphatic carbocycles. The van der Waals surface area contributed by atoms with E-state index in [2.05, 4.69) is 42.5 Å². The lowest BCUT2D eigenvalue weighted by atomic mass is 9.85. The van der Waals surface area contributed by atoms with Crippen LogP contribution in [0.15, 0.2) is 60.7 Å². The predicted octanol–water partition coefficient (Wildman–Crippen LogP) is 4.38. The third kappa shape index (κ3) is 2.36. The molecule has 1 fully saturated rings. The van der Waals surface area contributed by atoms with E-state index in [9.17, 15) is 0 Å². The van der Waals surface area contributed by atoms with E-state index < -0.39 is 0 Å². The Bertz CT molecular complexity index is 662. The van der Waals surface area contributed by atoms with Crippen LogP contribution in [0.2, 0.25) is 0 Å². The van der Waals surface area contributed by atoms with E-state index in [0.717, 1.165) is 30.8 Å². The van der Waals surface area contributed by atoms with Gasteiger partial charge in [0.2, 0.25) is 0 Å². The zero-order chi connectivity index (χ0) is 14.1. The topological polar surface area (TPSA) is 18.5 Å². The highest BCUT2D eigenvalue weighted by Crippen LogP contribution is 2.42. The van der Waals surface area contributed by atoms with E-state index in [0.29, 0.717) is 0 Å². The molecule has 2 atom stereocenters. The quantitative estimate of drug-likeness (QED) is 0.770. The lowest BCUT2D eigenvalue weighted by Crippen LogP contribution is -2.42. The van der Waals surface area contributed by atoms with Crippen molar-refractivity contribution in [1.82, 2.24) is 0 Å². The van der Waals surface area contributed by atoms with E-state index in [1.54, 1.807) is 0 Å². The summed E-state index contributed by atoms with van der Waals surface area (Å²) in [5.41, 5.74) is 2.16. The summed E-state index contributed by atoms with van der Waals surface area (Å²) in [6.45, 7) is 0.728. The minimum absolute atomic E-state index is 0.106. The third-order valence-corrected chi connectivity index (χ3v) is 4.35. The number of para-hydroxylation sites is 1. The first-order valence-corrected chi connectivity index (χ1v) is 7.49. The second-order valence-corrected chi connectivity index (χ2v) is 5.76. The van der Waals surface area contributed by atoms with Crippen LogP contribution in [0.3, 0.4) is 0 Å². The highest BCUT2D eigenvalue weighted by molar-refractivity contribution is 5.61. The Kier molecular flexibility index (Phi) is 3.04. The molecule has 0 unspecified atom stereocenters. The summed E-state index contributed by atoms with van der Waals surface area (Å²) in [6.07, 6.45) is 6.28. The fourth-order valence-electron chi connectivity index (χ4n) is 3.18.